The standard InChI is InChI=1S/C15H12N2O2/c1-11-6-5-9-14(13(11)10-16)17-15(18)19-12-7-3-2-4-8-12/h2-9H,1H3,(H,17,18). The fourth-order valence-corrected chi connectivity index (χ4v) is 1.65. The zero-order chi connectivity index (χ0) is 13.7. The van der Waals surface area contributed by atoms with Gasteiger partial charge in [0.15, 0.2) is 0 Å². The lowest BCUT2D eigenvalue weighted by Crippen LogP contribution is -2.17. The van der Waals surface area contributed by atoms with Gasteiger partial charge in [-0.25, -0.2) is 4.79 Å². The predicted octanol–water partition coefficient (Wildman–Crippen LogP) is 3.48. The number of aryl methyl sites for hydroxylation is 1. The van der Waals surface area contributed by atoms with Crippen molar-refractivity contribution in [3.05, 3.63) is 59.7 Å². The number of hydrogen-bond acceptors (Lipinski definition) is 3. The third-order valence-electron chi connectivity index (χ3n) is 2.58. The molecule has 0 heterocycles. The van der Waals surface area contributed by atoms with Crippen LogP contribution in [-0.2, 0) is 0 Å². The molecule has 2 aromatic carbocycles. The second kappa shape index (κ2) is 5.69. The summed E-state index contributed by atoms with van der Waals surface area (Å²) in [7, 11) is 0. The van der Waals surface area contributed by atoms with E-state index in [2.05, 4.69) is 11.4 Å². The Morgan fingerprint density at radius 1 is 1.16 bits per heavy atom. The highest BCUT2D eigenvalue weighted by atomic mass is 16.6. The molecule has 1 amide bonds. The number of ether oxygens (including phenoxy) is 1. The first-order valence-electron chi connectivity index (χ1n) is 5.74. The quantitative estimate of drug-likeness (QED) is 0.890. The number of nitriles is 1. The van der Waals surface area contributed by atoms with Crippen LogP contribution in [0.5, 0.6) is 5.75 Å². The number of anilines is 1. The lowest BCUT2D eigenvalue weighted by Gasteiger charge is -2.09. The SMILES string of the molecule is Cc1cccc(NC(=O)Oc2ccccc2)c1C#N. The highest BCUT2D eigenvalue weighted by molar-refractivity contribution is 5.88. The van der Waals surface area contributed by atoms with Gasteiger partial charge in [-0.15, -0.1) is 0 Å². The maximum Gasteiger partial charge on any atom is 0.417 e. The fraction of sp³-hybridized carbons (Fsp3) is 0.0667. The Labute approximate surface area is 111 Å². The first-order valence-corrected chi connectivity index (χ1v) is 5.74. The van der Waals surface area contributed by atoms with Gasteiger partial charge in [-0.1, -0.05) is 30.3 Å². The molecule has 1 N–H and O–H groups in total. The Bertz CT molecular complexity index is 630. The van der Waals surface area contributed by atoms with Crippen molar-refractivity contribution < 1.29 is 9.53 Å². The van der Waals surface area contributed by atoms with Gasteiger partial charge >= 0.3 is 6.09 Å². The van der Waals surface area contributed by atoms with Crippen molar-refractivity contribution in [3.63, 3.8) is 0 Å². The Balaban J connectivity index is 2.12. The number of carbonyl (C=O) groups is 1. The van der Waals surface area contributed by atoms with Crippen molar-refractivity contribution in [3.8, 4) is 11.8 Å². The second-order valence-corrected chi connectivity index (χ2v) is 3.94. The van der Waals surface area contributed by atoms with E-state index in [0.29, 0.717) is 17.0 Å². The monoisotopic (exact) mass is 252 g/mol. The molecule has 0 unspecified atom stereocenters. The summed E-state index contributed by atoms with van der Waals surface area (Å²) in [6.45, 7) is 1.81. The van der Waals surface area contributed by atoms with Crippen LogP contribution >= 0.6 is 0 Å². The average Bonchev–Trinajstić information content (AvgIpc) is 2.40. The first kappa shape index (κ1) is 12.7. The van der Waals surface area contributed by atoms with Crippen molar-refractivity contribution in [2.75, 3.05) is 5.32 Å². The number of nitrogens with zero attached hydrogens (tertiary/aromatic N) is 1. The number of carbonyl (C=O) groups excluding carboxylic acids is 1. The number of benzene rings is 2. The first-order chi connectivity index (χ1) is 9.20. The molecule has 0 atom stereocenters. The van der Waals surface area contributed by atoms with Crippen molar-refractivity contribution in [1.82, 2.24) is 0 Å². The summed E-state index contributed by atoms with van der Waals surface area (Å²) >= 11 is 0. The summed E-state index contributed by atoms with van der Waals surface area (Å²) < 4.78 is 5.10. The fourth-order valence-electron chi connectivity index (χ4n) is 1.65. The summed E-state index contributed by atoms with van der Waals surface area (Å²) in [5.74, 6) is 0.450. The van der Waals surface area contributed by atoms with Gasteiger partial charge in [-0.05, 0) is 30.7 Å². The lowest BCUT2D eigenvalue weighted by atomic mass is 10.1. The molecule has 0 aliphatic carbocycles. The second-order valence-electron chi connectivity index (χ2n) is 3.94. The summed E-state index contributed by atoms with van der Waals surface area (Å²) in [5, 5.41) is 11.6. The Morgan fingerprint density at radius 2 is 1.89 bits per heavy atom. The largest absolute Gasteiger partial charge is 0.417 e. The molecule has 94 valence electrons. The highest BCUT2D eigenvalue weighted by Gasteiger charge is 2.09. The van der Waals surface area contributed by atoms with E-state index in [0.717, 1.165) is 5.56 Å². The molecule has 0 spiro atoms. The number of nitrogens with one attached hydrogen (secondary N) is 1. The number of hydrogen-bond donors (Lipinski definition) is 1. The van der Waals surface area contributed by atoms with E-state index < -0.39 is 6.09 Å². The molecule has 0 saturated carbocycles. The van der Waals surface area contributed by atoms with Crippen LogP contribution in [0, 0.1) is 18.3 Å². The molecule has 4 nitrogen and oxygen atoms in total. The minimum atomic E-state index is -0.617. The lowest BCUT2D eigenvalue weighted by molar-refractivity contribution is 0.215. The smallest absolute Gasteiger partial charge is 0.410 e. The van der Waals surface area contributed by atoms with Crippen LogP contribution in [0.1, 0.15) is 11.1 Å². The normalized spacial score (nSPS) is 9.47. The Kier molecular flexibility index (Phi) is 3.79. The average molecular weight is 252 g/mol. The minimum Gasteiger partial charge on any atom is -0.410 e. The minimum absolute atomic E-state index is 0.438. The van der Waals surface area contributed by atoms with E-state index in [-0.39, 0.29) is 0 Å². The molecule has 0 aliphatic heterocycles. The maximum absolute atomic E-state index is 11.7. The van der Waals surface area contributed by atoms with Gasteiger partial charge in [0.1, 0.15) is 11.8 Å². The van der Waals surface area contributed by atoms with Crippen LogP contribution in [0.25, 0.3) is 0 Å². The highest BCUT2D eigenvalue weighted by Crippen LogP contribution is 2.19. The molecule has 2 aromatic rings. The van der Waals surface area contributed by atoms with E-state index in [1.807, 2.05) is 19.1 Å². The zero-order valence-corrected chi connectivity index (χ0v) is 10.4. The molecule has 0 fully saturated rings. The van der Waals surface area contributed by atoms with Crippen LogP contribution in [0.3, 0.4) is 0 Å². The van der Waals surface area contributed by atoms with Gasteiger partial charge in [0.05, 0.1) is 11.3 Å². The molecule has 0 radical (unpaired) electrons. The Morgan fingerprint density at radius 3 is 2.58 bits per heavy atom. The van der Waals surface area contributed by atoms with E-state index in [1.54, 1.807) is 36.4 Å². The summed E-state index contributed by atoms with van der Waals surface area (Å²) in [6, 6.07) is 16.1. The zero-order valence-electron chi connectivity index (χ0n) is 10.4. The van der Waals surface area contributed by atoms with Gasteiger partial charge in [0, 0.05) is 0 Å². The van der Waals surface area contributed by atoms with Gasteiger partial charge in [-0.2, -0.15) is 5.26 Å². The van der Waals surface area contributed by atoms with Crippen molar-refractivity contribution in [1.29, 1.82) is 5.26 Å². The molecular formula is C15H12N2O2. The number of para-hydroxylation sites is 1. The van der Waals surface area contributed by atoms with Gasteiger partial charge < -0.3 is 4.74 Å². The molecule has 0 saturated heterocycles. The van der Waals surface area contributed by atoms with Crippen LogP contribution < -0.4 is 10.1 Å². The molecular weight excluding hydrogens is 240 g/mol. The molecule has 0 bridgehead atoms. The topological polar surface area (TPSA) is 62.1 Å². The van der Waals surface area contributed by atoms with E-state index >= 15 is 0 Å². The summed E-state index contributed by atoms with van der Waals surface area (Å²) in [5.41, 5.74) is 1.69. The molecule has 2 rings (SSSR count). The van der Waals surface area contributed by atoms with Gasteiger partial charge in [0.2, 0.25) is 0 Å². The van der Waals surface area contributed by atoms with Crippen LogP contribution in [0.15, 0.2) is 48.5 Å². The number of amides is 1. The van der Waals surface area contributed by atoms with Crippen molar-refractivity contribution in [2.45, 2.75) is 6.92 Å². The Hall–Kier alpha value is -2.80. The van der Waals surface area contributed by atoms with Crippen LogP contribution in [0.4, 0.5) is 10.5 Å². The third-order valence-corrected chi connectivity index (χ3v) is 2.58. The van der Waals surface area contributed by atoms with Crippen molar-refractivity contribution >= 4 is 11.8 Å². The number of rotatable bonds is 2. The predicted molar refractivity (Wildman–Crippen MR) is 72.0 cm³/mol. The molecule has 0 aromatic heterocycles. The van der Waals surface area contributed by atoms with Crippen LogP contribution in [0.2, 0.25) is 0 Å². The maximum atomic E-state index is 11.7. The van der Waals surface area contributed by atoms with Gasteiger partial charge in [-0.3, -0.25) is 5.32 Å². The summed E-state index contributed by atoms with van der Waals surface area (Å²) in [4.78, 5) is 11.7. The van der Waals surface area contributed by atoms with E-state index in [1.165, 1.54) is 0 Å². The molecule has 0 aliphatic rings. The molecule has 4 heteroatoms. The van der Waals surface area contributed by atoms with Gasteiger partial charge in [0.25, 0.3) is 0 Å². The van der Waals surface area contributed by atoms with Crippen LogP contribution in [-0.4, -0.2) is 6.09 Å². The third kappa shape index (κ3) is 3.11. The van der Waals surface area contributed by atoms with E-state index in [9.17, 15) is 4.79 Å². The van der Waals surface area contributed by atoms with E-state index in [4.69, 9.17) is 10.00 Å². The molecule has 19 heavy (non-hydrogen) atoms. The van der Waals surface area contributed by atoms with Crippen molar-refractivity contribution in [2.24, 2.45) is 0 Å². The summed E-state index contributed by atoms with van der Waals surface area (Å²) in [6.07, 6.45) is -0.617.